The van der Waals surface area contributed by atoms with Crippen LogP contribution in [-0.4, -0.2) is 42.9 Å². The fourth-order valence-electron chi connectivity index (χ4n) is 4.34. The lowest BCUT2D eigenvalue weighted by Gasteiger charge is -2.36. The summed E-state index contributed by atoms with van der Waals surface area (Å²) in [5.41, 5.74) is 2.97. The maximum Gasteiger partial charge on any atom is 0.291 e. The van der Waals surface area contributed by atoms with Crippen LogP contribution in [0.5, 0.6) is 0 Å². The number of hydrogen-bond donors (Lipinski definition) is 1. The molecular formula is C30H24Cl3N3O3. The van der Waals surface area contributed by atoms with E-state index < -0.39 is 5.91 Å². The molecule has 0 atom stereocenters. The highest BCUT2D eigenvalue weighted by molar-refractivity contribution is 6.43. The van der Waals surface area contributed by atoms with Crippen LogP contribution in [0.1, 0.15) is 16.1 Å². The first-order valence-electron chi connectivity index (χ1n) is 12.3. The predicted molar refractivity (Wildman–Crippen MR) is 158 cm³/mol. The molecule has 1 saturated heterocycles. The maximum absolute atomic E-state index is 12.8. The zero-order valence-corrected chi connectivity index (χ0v) is 23.0. The number of amides is 2. The van der Waals surface area contributed by atoms with Gasteiger partial charge in [-0.3, -0.25) is 9.59 Å². The Labute approximate surface area is 241 Å². The number of hydrogen-bond acceptors (Lipinski definition) is 4. The second kappa shape index (κ2) is 12.0. The Bertz CT molecular complexity index is 1530. The first-order chi connectivity index (χ1) is 18.9. The second-order valence-electron chi connectivity index (χ2n) is 8.94. The van der Waals surface area contributed by atoms with Gasteiger partial charge in [0, 0.05) is 43.5 Å². The van der Waals surface area contributed by atoms with Crippen molar-refractivity contribution in [1.82, 2.24) is 4.90 Å². The van der Waals surface area contributed by atoms with E-state index in [0.29, 0.717) is 58.3 Å². The molecule has 0 aliphatic carbocycles. The molecule has 0 spiro atoms. The van der Waals surface area contributed by atoms with Crippen LogP contribution in [0.4, 0.5) is 11.4 Å². The Morgan fingerprint density at radius 2 is 1.59 bits per heavy atom. The van der Waals surface area contributed by atoms with Gasteiger partial charge in [-0.15, -0.1) is 0 Å². The molecule has 2 amide bonds. The third-order valence-corrected chi connectivity index (χ3v) is 7.52. The maximum atomic E-state index is 12.8. The standard InChI is InChI=1S/C30H24Cl3N3O3/c31-23-8-4-7-22(29(23)33)26-12-13-27(39-26)30(38)34-21-10-11-25(24(32)19-21)35-15-17-36(18-16-35)28(37)14-9-20-5-2-1-3-6-20/h1-14,19H,15-18H2,(H,34,38)/b14-9+. The van der Waals surface area contributed by atoms with E-state index in [1.165, 1.54) is 0 Å². The van der Waals surface area contributed by atoms with Crippen molar-refractivity contribution in [2.45, 2.75) is 0 Å². The summed E-state index contributed by atoms with van der Waals surface area (Å²) >= 11 is 18.9. The Morgan fingerprint density at radius 3 is 2.33 bits per heavy atom. The summed E-state index contributed by atoms with van der Waals surface area (Å²) in [6.07, 6.45) is 3.44. The predicted octanol–water partition coefficient (Wildman–Crippen LogP) is 7.52. The first-order valence-corrected chi connectivity index (χ1v) is 13.4. The van der Waals surface area contributed by atoms with E-state index in [1.807, 2.05) is 47.4 Å². The lowest BCUT2D eigenvalue weighted by atomic mass is 10.2. The highest BCUT2D eigenvalue weighted by Gasteiger charge is 2.22. The van der Waals surface area contributed by atoms with Crippen molar-refractivity contribution in [3.8, 4) is 11.3 Å². The molecule has 9 heteroatoms. The number of carbonyl (C=O) groups excluding carboxylic acids is 2. The average molecular weight is 581 g/mol. The van der Waals surface area contributed by atoms with Crippen LogP contribution in [0.2, 0.25) is 15.1 Å². The molecule has 1 aliphatic heterocycles. The number of nitrogens with one attached hydrogen (secondary N) is 1. The number of benzene rings is 3. The Hall–Kier alpha value is -3.71. The monoisotopic (exact) mass is 579 g/mol. The molecule has 39 heavy (non-hydrogen) atoms. The van der Waals surface area contributed by atoms with Crippen molar-refractivity contribution >= 4 is 64.1 Å². The largest absolute Gasteiger partial charge is 0.451 e. The molecule has 5 rings (SSSR count). The summed E-state index contributed by atoms with van der Waals surface area (Å²) in [5.74, 6) is 0.137. The Balaban J connectivity index is 1.18. The van der Waals surface area contributed by atoms with E-state index in [1.54, 1.807) is 48.5 Å². The number of halogens is 3. The SMILES string of the molecule is O=C(Nc1ccc(N2CCN(C(=O)/C=C/c3ccccc3)CC2)c(Cl)c1)c1ccc(-c2cccc(Cl)c2Cl)o1. The number of rotatable bonds is 6. The molecule has 1 aliphatic rings. The fourth-order valence-corrected chi connectivity index (χ4v) is 5.03. The molecule has 1 fully saturated rings. The van der Waals surface area contributed by atoms with Gasteiger partial charge in [0.15, 0.2) is 5.76 Å². The van der Waals surface area contributed by atoms with E-state index in [9.17, 15) is 9.59 Å². The summed E-state index contributed by atoms with van der Waals surface area (Å²) in [6.45, 7) is 2.48. The fraction of sp³-hybridized carbons (Fsp3) is 0.133. The van der Waals surface area contributed by atoms with E-state index in [0.717, 1.165) is 11.3 Å². The Kier molecular flexibility index (Phi) is 8.27. The van der Waals surface area contributed by atoms with Crippen molar-refractivity contribution in [1.29, 1.82) is 0 Å². The summed E-state index contributed by atoms with van der Waals surface area (Å²) in [4.78, 5) is 29.3. The summed E-state index contributed by atoms with van der Waals surface area (Å²) in [6, 6.07) is 23.5. The number of anilines is 2. The van der Waals surface area contributed by atoms with Crippen LogP contribution in [-0.2, 0) is 4.79 Å². The number of nitrogens with zero attached hydrogens (tertiary/aromatic N) is 2. The van der Waals surface area contributed by atoms with Gasteiger partial charge in [0.05, 0.1) is 20.8 Å². The van der Waals surface area contributed by atoms with Crippen molar-refractivity contribution in [3.63, 3.8) is 0 Å². The molecule has 6 nitrogen and oxygen atoms in total. The lowest BCUT2D eigenvalue weighted by Crippen LogP contribution is -2.48. The molecule has 1 N–H and O–H groups in total. The average Bonchev–Trinajstić information content (AvgIpc) is 3.44. The lowest BCUT2D eigenvalue weighted by molar-refractivity contribution is -0.126. The molecule has 3 aromatic carbocycles. The van der Waals surface area contributed by atoms with Crippen molar-refractivity contribution in [3.05, 3.63) is 111 Å². The molecule has 4 aromatic rings. The zero-order chi connectivity index (χ0) is 27.4. The number of piperazine rings is 1. The van der Waals surface area contributed by atoms with Crippen LogP contribution in [0.15, 0.2) is 89.4 Å². The molecule has 0 bridgehead atoms. The van der Waals surface area contributed by atoms with Crippen LogP contribution in [0, 0.1) is 0 Å². The zero-order valence-electron chi connectivity index (χ0n) is 20.7. The third kappa shape index (κ3) is 6.31. The molecular weight excluding hydrogens is 557 g/mol. The van der Waals surface area contributed by atoms with Crippen LogP contribution in [0.25, 0.3) is 17.4 Å². The molecule has 0 saturated carbocycles. The minimum Gasteiger partial charge on any atom is -0.451 e. The third-order valence-electron chi connectivity index (χ3n) is 6.40. The van der Waals surface area contributed by atoms with Gasteiger partial charge in [0.25, 0.3) is 5.91 Å². The van der Waals surface area contributed by atoms with Gasteiger partial charge in [-0.2, -0.15) is 0 Å². The van der Waals surface area contributed by atoms with E-state index >= 15 is 0 Å². The second-order valence-corrected chi connectivity index (χ2v) is 10.1. The highest BCUT2D eigenvalue weighted by atomic mass is 35.5. The summed E-state index contributed by atoms with van der Waals surface area (Å²) < 4.78 is 5.73. The highest BCUT2D eigenvalue weighted by Crippen LogP contribution is 2.35. The minimum absolute atomic E-state index is 0.0126. The van der Waals surface area contributed by atoms with Crippen LogP contribution >= 0.6 is 34.8 Å². The molecule has 1 aromatic heterocycles. The van der Waals surface area contributed by atoms with Crippen molar-refractivity contribution in [2.24, 2.45) is 0 Å². The number of carbonyl (C=O) groups is 2. The van der Waals surface area contributed by atoms with Gasteiger partial charge in [-0.05, 0) is 54.1 Å². The molecule has 0 unspecified atom stereocenters. The van der Waals surface area contributed by atoms with E-state index in [-0.39, 0.29) is 11.7 Å². The van der Waals surface area contributed by atoms with E-state index in [2.05, 4.69) is 10.2 Å². The summed E-state index contributed by atoms with van der Waals surface area (Å²) in [7, 11) is 0. The van der Waals surface area contributed by atoms with E-state index in [4.69, 9.17) is 39.2 Å². The number of furan rings is 1. The van der Waals surface area contributed by atoms with Gasteiger partial charge in [0.1, 0.15) is 5.76 Å². The molecule has 198 valence electrons. The van der Waals surface area contributed by atoms with Gasteiger partial charge in [0.2, 0.25) is 5.91 Å². The van der Waals surface area contributed by atoms with Gasteiger partial charge in [-0.1, -0.05) is 71.2 Å². The first kappa shape index (κ1) is 26.9. The quantitative estimate of drug-likeness (QED) is 0.240. The van der Waals surface area contributed by atoms with Gasteiger partial charge < -0.3 is 19.5 Å². The van der Waals surface area contributed by atoms with Crippen LogP contribution in [0.3, 0.4) is 0 Å². The summed E-state index contributed by atoms with van der Waals surface area (Å²) in [5, 5.41) is 4.08. The minimum atomic E-state index is -0.418. The van der Waals surface area contributed by atoms with Gasteiger partial charge >= 0.3 is 0 Å². The molecule has 2 heterocycles. The smallest absolute Gasteiger partial charge is 0.291 e. The molecule has 0 radical (unpaired) electrons. The van der Waals surface area contributed by atoms with Crippen molar-refractivity contribution < 1.29 is 14.0 Å². The van der Waals surface area contributed by atoms with Gasteiger partial charge in [-0.25, -0.2) is 0 Å². The van der Waals surface area contributed by atoms with Crippen LogP contribution < -0.4 is 10.2 Å². The Morgan fingerprint density at radius 1 is 0.821 bits per heavy atom. The van der Waals surface area contributed by atoms with Crippen molar-refractivity contribution in [2.75, 3.05) is 36.4 Å². The topological polar surface area (TPSA) is 65.8 Å². The normalized spacial score (nSPS) is 13.6.